The fourth-order valence-electron chi connectivity index (χ4n) is 4.89. The van der Waals surface area contributed by atoms with Gasteiger partial charge in [0.05, 0.1) is 11.7 Å². The molecule has 2 amide bonds. The number of benzene rings is 1. The van der Waals surface area contributed by atoms with Crippen molar-refractivity contribution in [3.8, 4) is 11.3 Å². The van der Waals surface area contributed by atoms with Crippen molar-refractivity contribution >= 4 is 23.4 Å². The van der Waals surface area contributed by atoms with E-state index < -0.39 is 6.29 Å². The zero-order chi connectivity index (χ0) is 24.2. The average Bonchev–Trinajstić information content (AvgIpc) is 3.28. The highest BCUT2D eigenvalue weighted by Crippen LogP contribution is 2.30. The van der Waals surface area contributed by atoms with Gasteiger partial charge >= 0.3 is 0 Å². The van der Waals surface area contributed by atoms with Crippen LogP contribution in [-0.4, -0.2) is 74.1 Å². The summed E-state index contributed by atoms with van der Waals surface area (Å²) in [6, 6.07) is 9.18. The summed E-state index contributed by atoms with van der Waals surface area (Å²) in [7, 11) is 0. The van der Waals surface area contributed by atoms with E-state index in [2.05, 4.69) is 6.92 Å². The number of nitrogens with zero attached hydrogens (tertiary/aromatic N) is 4. The van der Waals surface area contributed by atoms with Gasteiger partial charge in [0.25, 0.3) is 5.91 Å². The minimum Gasteiger partial charge on any atom is -0.368 e. The van der Waals surface area contributed by atoms with Gasteiger partial charge in [0.1, 0.15) is 12.2 Å². The van der Waals surface area contributed by atoms with Crippen LogP contribution < -0.4 is 0 Å². The Morgan fingerprint density at radius 1 is 1.21 bits per heavy atom. The van der Waals surface area contributed by atoms with E-state index in [-0.39, 0.29) is 30.3 Å². The van der Waals surface area contributed by atoms with E-state index >= 15 is 0 Å². The largest absolute Gasteiger partial charge is 0.368 e. The molecule has 2 aromatic rings. The number of carbonyl (C=O) groups is 2. The van der Waals surface area contributed by atoms with E-state index in [1.165, 1.54) is 0 Å². The number of amides is 2. The third-order valence-electron chi connectivity index (χ3n) is 6.86. The lowest BCUT2D eigenvalue weighted by Gasteiger charge is -2.37. The van der Waals surface area contributed by atoms with Crippen LogP contribution in [-0.2, 0) is 4.79 Å². The van der Waals surface area contributed by atoms with Gasteiger partial charge in [-0.25, -0.2) is 0 Å². The quantitative estimate of drug-likeness (QED) is 0.438. The van der Waals surface area contributed by atoms with Gasteiger partial charge in [-0.2, -0.15) is 5.10 Å². The second-order valence-corrected chi connectivity index (χ2v) is 9.79. The Hall–Kier alpha value is -2.42. The number of likely N-dealkylation sites (tertiary alicyclic amines) is 1. The van der Waals surface area contributed by atoms with Gasteiger partial charge in [-0.05, 0) is 37.5 Å². The molecule has 1 saturated heterocycles. The van der Waals surface area contributed by atoms with Crippen LogP contribution in [0.2, 0.25) is 5.02 Å². The van der Waals surface area contributed by atoms with Crippen molar-refractivity contribution in [1.29, 1.82) is 0 Å². The number of carbonyl (C=O) groups excluding carboxylic acids is 2. The first-order valence-corrected chi connectivity index (χ1v) is 12.5. The maximum atomic E-state index is 13.4. The Balaban J connectivity index is 1.54. The number of aliphatic hydroxyl groups excluding tert-OH is 1. The molecule has 1 aromatic heterocycles. The van der Waals surface area contributed by atoms with Crippen molar-refractivity contribution in [2.45, 2.75) is 57.8 Å². The van der Waals surface area contributed by atoms with Crippen molar-refractivity contribution in [3.63, 3.8) is 0 Å². The molecule has 4 rings (SSSR count). The number of piperidine rings is 1. The van der Waals surface area contributed by atoms with E-state index in [4.69, 9.17) is 16.7 Å². The lowest BCUT2D eigenvalue weighted by atomic mass is 9.97. The Bertz CT molecular complexity index is 1010. The van der Waals surface area contributed by atoms with Gasteiger partial charge in [-0.15, -0.1) is 0 Å². The molecule has 1 unspecified atom stereocenters. The van der Waals surface area contributed by atoms with E-state index in [0.717, 1.165) is 37.7 Å². The smallest absolute Gasteiger partial charge is 0.272 e. The van der Waals surface area contributed by atoms with Crippen LogP contribution in [0.5, 0.6) is 0 Å². The summed E-state index contributed by atoms with van der Waals surface area (Å²) in [5.74, 6) is -0.708. The lowest BCUT2D eigenvalue weighted by Crippen LogP contribution is -2.51. The molecule has 3 heterocycles. The molecule has 2 aliphatic rings. The van der Waals surface area contributed by atoms with Gasteiger partial charge in [0.2, 0.25) is 5.91 Å². The molecule has 2 aliphatic heterocycles. The van der Waals surface area contributed by atoms with E-state index in [1.807, 2.05) is 16.8 Å². The van der Waals surface area contributed by atoms with Crippen LogP contribution in [0.3, 0.4) is 0 Å². The summed E-state index contributed by atoms with van der Waals surface area (Å²) < 4.78 is 1.84. The van der Waals surface area contributed by atoms with Gasteiger partial charge in [0.15, 0.2) is 6.29 Å². The fraction of sp³-hybridized carbons (Fsp3) is 0.560. The molecule has 0 aliphatic carbocycles. The van der Waals surface area contributed by atoms with E-state index in [0.29, 0.717) is 42.5 Å². The first-order valence-electron chi connectivity index (χ1n) is 12.2. The van der Waals surface area contributed by atoms with E-state index in [9.17, 15) is 19.8 Å². The molecule has 2 N–H and O–H groups in total. The summed E-state index contributed by atoms with van der Waals surface area (Å²) in [4.78, 5) is 29.7. The minimum atomic E-state index is -1.43. The maximum absolute atomic E-state index is 13.4. The number of hydrogen-bond donors (Lipinski definition) is 2. The molecule has 34 heavy (non-hydrogen) atoms. The summed E-state index contributed by atoms with van der Waals surface area (Å²) in [5, 5.41) is 24.5. The second-order valence-electron chi connectivity index (χ2n) is 9.36. The number of hydrogen-bond acceptors (Lipinski definition) is 5. The molecule has 0 spiro atoms. The van der Waals surface area contributed by atoms with Crippen molar-refractivity contribution < 1.29 is 19.8 Å². The molecule has 9 heteroatoms. The molecule has 0 saturated carbocycles. The first-order chi connectivity index (χ1) is 16.4. The van der Waals surface area contributed by atoms with Crippen LogP contribution in [0, 0.1) is 5.92 Å². The third-order valence-corrected chi connectivity index (χ3v) is 7.11. The van der Waals surface area contributed by atoms with Crippen LogP contribution >= 0.6 is 11.6 Å². The van der Waals surface area contributed by atoms with Gasteiger partial charge < -0.3 is 20.0 Å². The number of unbranched alkanes of at least 4 members (excludes halogenated alkanes) is 2. The van der Waals surface area contributed by atoms with Crippen molar-refractivity contribution in [2.75, 3.05) is 26.2 Å². The molecule has 184 valence electrons. The number of aromatic nitrogens is 2. The monoisotopic (exact) mass is 488 g/mol. The molecule has 1 aromatic carbocycles. The summed E-state index contributed by atoms with van der Waals surface area (Å²) in [5.41, 5.74) is 2.09. The zero-order valence-electron chi connectivity index (χ0n) is 19.6. The summed E-state index contributed by atoms with van der Waals surface area (Å²) in [6.07, 6.45) is 4.06. The Morgan fingerprint density at radius 2 is 1.97 bits per heavy atom. The highest BCUT2D eigenvalue weighted by atomic mass is 35.5. The van der Waals surface area contributed by atoms with E-state index in [1.54, 1.807) is 28.0 Å². The number of aliphatic hydroxyl groups is 2. The number of halogens is 1. The van der Waals surface area contributed by atoms with Gasteiger partial charge in [-0.3, -0.25) is 14.3 Å². The molecular weight excluding hydrogens is 456 g/mol. The highest BCUT2D eigenvalue weighted by molar-refractivity contribution is 6.30. The Kier molecular flexibility index (Phi) is 7.91. The predicted molar refractivity (Wildman–Crippen MR) is 129 cm³/mol. The first kappa shape index (κ1) is 24.7. The van der Waals surface area contributed by atoms with Crippen LogP contribution in [0.4, 0.5) is 0 Å². The number of fused-ring (bicyclic) bond motifs is 1. The van der Waals surface area contributed by atoms with Gasteiger partial charge in [0, 0.05) is 36.1 Å². The normalized spacial score (nSPS) is 20.7. The summed E-state index contributed by atoms with van der Waals surface area (Å²) >= 11 is 6.03. The molecule has 0 radical (unpaired) electrons. The standard InChI is InChI=1S/C25H33ClN4O4/c1-2-3-4-7-20-15-29(16-23(31)28-12-5-6-18(14-28)25(33)34)24(32)22-13-21(27-30(20)22)17-8-10-19(26)11-9-17/h8-11,13,18,20,25,33-34H,2-7,12,14-16H2,1H3/t18-,20?/m0/s1. The highest BCUT2D eigenvalue weighted by Gasteiger charge is 2.35. The molecule has 1 fully saturated rings. The predicted octanol–water partition coefficient (Wildman–Crippen LogP) is 3.33. The second kappa shape index (κ2) is 10.9. The van der Waals surface area contributed by atoms with Crippen molar-refractivity contribution in [3.05, 3.63) is 41.0 Å². The molecule has 2 atom stereocenters. The lowest BCUT2D eigenvalue weighted by molar-refractivity contribution is -0.140. The molecular formula is C25H33ClN4O4. The third kappa shape index (κ3) is 5.45. The SMILES string of the molecule is CCCCCC1CN(CC(=O)N2CCC[C@H](C(O)O)C2)C(=O)c2cc(-c3ccc(Cl)cc3)nn21. The maximum Gasteiger partial charge on any atom is 0.272 e. The molecule has 0 bridgehead atoms. The average molecular weight is 489 g/mol. The fourth-order valence-corrected chi connectivity index (χ4v) is 5.02. The zero-order valence-corrected chi connectivity index (χ0v) is 20.3. The number of rotatable bonds is 8. The van der Waals surface area contributed by atoms with Gasteiger partial charge in [-0.1, -0.05) is 49.9 Å². The topological polar surface area (TPSA) is 98.9 Å². The Morgan fingerprint density at radius 3 is 2.68 bits per heavy atom. The minimum absolute atomic E-state index is 0.00136. The molecule has 8 nitrogen and oxygen atoms in total. The van der Waals surface area contributed by atoms with Crippen molar-refractivity contribution in [1.82, 2.24) is 19.6 Å². The Labute approximate surface area is 205 Å². The summed E-state index contributed by atoms with van der Waals surface area (Å²) in [6.45, 7) is 3.45. The van der Waals surface area contributed by atoms with Crippen molar-refractivity contribution in [2.24, 2.45) is 5.92 Å². The van der Waals surface area contributed by atoms with Crippen LogP contribution in [0.1, 0.15) is 62.0 Å². The van der Waals surface area contributed by atoms with Crippen LogP contribution in [0.25, 0.3) is 11.3 Å². The van der Waals surface area contributed by atoms with Crippen LogP contribution in [0.15, 0.2) is 30.3 Å².